The largest absolute Gasteiger partial charge is 0.481 e. The number of carbonyl (C=O) groups excluding carboxylic acids is 1. The average molecular weight is 310 g/mol. The number of carboxylic acids is 1. The lowest BCUT2D eigenvalue weighted by Crippen LogP contribution is -2.44. The topological polar surface area (TPSA) is 69.6 Å². The minimum Gasteiger partial charge on any atom is -0.481 e. The first-order chi connectivity index (χ1) is 9.99. The van der Waals surface area contributed by atoms with Crippen molar-refractivity contribution < 1.29 is 14.7 Å². The highest BCUT2D eigenvalue weighted by atomic mass is 32.1. The van der Waals surface area contributed by atoms with E-state index in [4.69, 9.17) is 5.11 Å². The van der Waals surface area contributed by atoms with Crippen molar-refractivity contribution in [3.8, 4) is 0 Å². The molecule has 0 spiro atoms. The Bertz CT molecular complexity index is 483. The van der Waals surface area contributed by atoms with E-state index in [2.05, 4.69) is 19.2 Å². The second-order valence-electron chi connectivity index (χ2n) is 5.75. The van der Waals surface area contributed by atoms with E-state index in [-0.39, 0.29) is 37.0 Å². The van der Waals surface area contributed by atoms with Gasteiger partial charge in [-0.3, -0.25) is 4.79 Å². The summed E-state index contributed by atoms with van der Waals surface area (Å²) in [5, 5.41) is 13.9. The first-order valence-corrected chi connectivity index (χ1v) is 8.19. The first-order valence-electron chi connectivity index (χ1n) is 7.31. The van der Waals surface area contributed by atoms with Crippen molar-refractivity contribution in [1.29, 1.82) is 0 Å². The predicted octanol–water partition coefficient (Wildman–Crippen LogP) is 3.09. The third-order valence-electron chi connectivity index (χ3n) is 3.61. The Morgan fingerprint density at radius 2 is 2.19 bits per heavy atom. The molecule has 1 aromatic heterocycles. The minimum atomic E-state index is -0.868. The van der Waals surface area contributed by atoms with Gasteiger partial charge in [0.25, 0.3) is 0 Å². The van der Waals surface area contributed by atoms with Gasteiger partial charge in [-0.1, -0.05) is 19.9 Å². The molecule has 1 unspecified atom stereocenters. The predicted molar refractivity (Wildman–Crippen MR) is 82.4 cm³/mol. The fourth-order valence-electron chi connectivity index (χ4n) is 2.30. The summed E-state index contributed by atoms with van der Waals surface area (Å²) in [6.07, 6.45) is 1.94. The van der Waals surface area contributed by atoms with Crippen LogP contribution >= 0.6 is 11.3 Å². The van der Waals surface area contributed by atoms with Crippen molar-refractivity contribution >= 4 is 23.3 Å². The number of amides is 2. The molecule has 1 aromatic rings. The van der Waals surface area contributed by atoms with Crippen LogP contribution in [0.15, 0.2) is 17.5 Å². The van der Waals surface area contributed by atoms with Crippen molar-refractivity contribution in [2.45, 2.75) is 45.2 Å². The van der Waals surface area contributed by atoms with Gasteiger partial charge < -0.3 is 15.3 Å². The number of carboxylic acid groups (broad SMARTS) is 1. The van der Waals surface area contributed by atoms with Crippen LogP contribution in [-0.4, -0.2) is 34.6 Å². The number of thiophene rings is 1. The van der Waals surface area contributed by atoms with E-state index in [1.807, 2.05) is 17.5 Å². The SMILES string of the molecule is CC(C)C(NC(=O)N(CCC(=O)O)C1CC1)c1cccs1. The highest BCUT2D eigenvalue weighted by Crippen LogP contribution is 2.29. The van der Waals surface area contributed by atoms with Crippen LogP contribution < -0.4 is 5.32 Å². The number of carbonyl (C=O) groups is 2. The normalized spacial score (nSPS) is 15.8. The second kappa shape index (κ2) is 6.93. The Kier molecular flexibility index (Phi) is 5.22. The van der Waals surface area contributed by atoms with Gasteiger partial charge in [-0.2, -0.15) is 0 Å². The minimum absolute atomic E-state index is 0.00470. The van der Waals surface area contributed by atoms with Crippen LogP contribution in [-0.2, 0) is 4.79 Å². The molecule has 1 saturated carbocycles. The molecule has 21 heavy (non-hydrogen) atoms. The lowest BCUT2D eigenvalue weighted by Gasteiger charge is -2.27. The molecular weight excluding hydrogens is 288 g/mol. The summed E-state index contributed by atoms with van der Waals surface area (Å²) in [4.78, 5) is 26.0. The molecule has 1 atom stereocenters. The molecule has 1 fully saturated rings. The summed E-state index contributed by atoms with van der Waals surface area (Å²) in [6.45, 7) is 4.42. The Morgan fingerprint density at radius 3 is 2.67 bits per heavy atom. The van der Waals surface area contributed by atoms with E-state index < -0.39 is 5.97 Å². The van der Waals surface area contributed by atoms with Crippen LogP contribution in [0.2, 0.25) is 0 Å². The van der Waals surface area contributed by atoms with Crippen LogP contribution in [0, 0.1) is 5.92 Å². The monoisotopic (exact) mass is 310 g/mol. The van der Waals surface area contributed by atoms with E-state index >= 15 is 0 Å². The lowest BCUT2D eigenvalue weighted by atomic mass is 10.0. The smallest absolute Gasteiger partial charge is 0.318 e. The van der Waals surface area contributed by atoms with E-state index in [9.17, 15) is 9.59 Å². The molecule has 2 rings (SSSR count). The fraction of sp³-hybridized carbons (Fsp3) is 0.600. The van der Waals surface area contributed by atoms with E-state index in [0.29, 0.717) is 0 Å². The van der Waals surface area contributed by atoms with E-state index in [0.717, 1.165) is 17.7 Å². The van der Waals surface area contributed by atoms with Gasteiger partial charge in [0, 0.05) is 17.5 Å². The Balaban J connectivity index is 2.00. The summed E-state index contributed by atoms with van der Waals surface area (Å²) in [5.74, 6) is -0.583. The van der Waals surface area contributed by atoms with Gasteiger partial charge in [-0.15, -0.1) is 11.3 Å². The second-order valence-corrected chi connectivity index (χ2v) is 6.73. The van der Waals surface area contributed by atoms with Gasteiger partial charge in [0.2, 0.25) is 0 Å². The fourth-order valence-corrected chi connectivity index (χ4v) is 3.25. The number of rotatable bonds is 7. The zero-order valence-electron chi connectivity index (χ0n) is 12.4. The molecule has 2 amide bonds. The summed E-state index contributed by atoms with van der Waals surface area (Å²) >= 11 is 1.63. The molecule has 0 aromatic carbocycles. The molecule has 0 bridgehead atoms. The maximum absolute atomic E-state index is 12.5. The van der Waals surface area contributed by atoms with Gasteiger partial charge in [-0.25, -0.2) is 4.79 Å². The summed E-state index contributed by atoms with van der Waals surface area (Å²) in [5.41, 5.74) is 0. The van der Waals surface area contributed by atoms with Crippen molar-refractivity contribution in [3.05, 3.63) is 22.4 Å². The van der Waals surface area contributed by atoms with E-state index in [1.54, 1.807) is 16.2 Å². The first kappa shape index (κ1) is 15.8. The molecule has 2 N–H and O–H groups in total. The standard InChI is InChI=1S/C15H22N2O3S/c1-10(2)14(12-4-3-9-21-12)16-15(20)17(11-5-6-11)8-7-13(18)19/h3-4,9-11,14H,5-8H2,1-2H3,(H,16,20)(H,18,19). The third-order valence-corrected chi connectivity index (χ3v) is 4.57. The Hall–Kier alpha value is -1.56. The maximum Gasteiger partial charge on any atom is 0.318 e. The number of nitrogens with zero attached hydrogens (tertiary/aromatic N) is 1. The van der Waals surface area contributed by atoms with Crippen LogP contribution in [0.5, 0.6) is 0 Å². The van der Waals surface area contributed by atoms with Gasteiger partial charge in [0.15, 0.2) is 0 Å². The van der Waals surface area contributed by atoms with Crippen molar-refractivity contribution in [2.75, 3.05) is 6.54 Å². The zero-order valence-corrected chi connectivity index (χ0v) is 13.2. The number of nitrogens with one attached hydrogen (secondary N) is 1. The molecular formula is C15H22N2O3S. The molecule has 1 aliphatic rings. The third kappa shape index (κ3) is 4.46. The Morgan fingerprint density at radius 1 is 1.48 bits per heavy atom. The molecule has 1 heterocycles. The highest BCUT2D eigenvalue weighted by Gasteiger charge is 2.34. The molecule has 0 saturated heterocycles. The van der Waals surface area contributed by atoms with E-state index in [1.165, 1.54) is 0 Å². The summed E-state index contributed by atoms with van der Waals surface area (Å²) < 4.78 is 0. The highest BCUT2D eigenvalue weighted by molar-refractivity contribution is 7.10. The molecule has 5 nitrogen and oxygen atoms in total. The van der Waals surface area contributed by atoms with Crippen molar-refractivity contribution in [1.82, 2.24) is 10.2 Å². The zero-order chi connectivity index (χ0) is 15.4. The molecule has 1 aliphatic carbocycles. The van der Waals surface area contributed by atoms with Gasteiger partial charge in [0.05, 0.1) is 12.5 Å². The summed E-state index contributed by atoms with van der Waals surface area (Å²) in [6, 6.07) is 4.04. The molecule has 0 radical (unpaired) electrons. The average Bonchev–Trinajstić information content (AvgIpc) is 3.10. The van der Waals surface area contributed by atoms with Crippen molar-refractivity contribution in [3.63, 3.8) is 0 Å². The molecule has 6 heteroatoms. The maximum atomic E-state index is 12.5. The number of hydrogen-bond donors (Lipinski definition) is 2. The van der Waals surface area contributed by atoms with Gasteiger partial charge in [-0.05, 0) is 30.2 Å². The van der Waals surface area contributed by atoms with Gasteiger partial charge in [0.1, 0.15) is 0 Å². The quantitative estimate of drug-likeness (QED) is 0.813. The van der Waals surface area contributed by atoms with Crippen LogP contribution in [0.4, 0.5) is 4.79 Å². The molecule has 0 aliphatic heterocycles. The van der Waals surface area contributed by atoms with Crippen LogP contribution in [0.25, 0.3) is 0 Å². The Labute approximate surface area is 129 Å². The lowest BCUT2D eigenvalue weighted by molar-refractivity contribution is -0.137. The number of aliphatic carboxylic acids is 1. The summed E-state index contributed by atoms with van der Waals surface area (Å²) in [7, 11) is 0. The molecule has 116 valence electrons. The number of hydrogen-bond acceptors (Lipinski definition) is 3. The van der Waals surface area contributed by atoms with Crippen molar-refractivity contribution in [2.24, 2.45) is 5.92 Å². The van der Waals surface area contributed by atoms with Crippen LogP contribution in [0.3, 0.4) is 0 Å². The van der Waals surface area contributed by atoms with Crippen LogP contribution in [0.1, 0.15) is 44.0 Å². The number of urea groups is 1. The van der Waals surface area contributed by atoms with Gasteiger partial charge >= 0.3 is 12.0 Å².